The average Bonchev–Trinajstić information content (AvgIpc) is 2.78. The van der Waals surface area contributed by atoms with Crippen molar-refractivity contribution in [1.29, 1.82) is 5.26 Å². The van der Waals surface area contributed by atoms with Crippen LogP contribution in [-0.4, -0.2) is 0 Å². The third-order valence-corrected chi connectivity index (χ3v) is 7.62. The smallest absolute Gasteiger partial charge is 0.144 e. The van der Waals surface area contributed by atoms with E-state index in [9.17, 15) is 8.78 Å². The average molecular weight is 422 g/mol. The number of hydrogen-bond acceptors (Lipinski definition) is 1. The quantitative estimate of drug-likeness (QED) is 0.412. The molecule has 1 saturated carbocycles. The number of aryl methyl sites for hydroxylation is 1. The summed E-state index contributed by atoms with van der Waals surface area (Å²) in [6.45, 7) is 2.27. The first kappa shape index (κ1) is 22.0. The van der Waals surface area contributed by atoms with Gasteiger partial charge in [0.05, 0.1) is 0 Å². The van der Waals surface area contributed by atoms with Crippen LogP contribution >= 0.6 is 0 Å². The Kier molecular flexibility index (Phi) is 7.06. The van der Waals surface area contributed by atoms with Crippen LogP contribution in [0.1, 0.15) is 93.7 Å². The molecule has 0 aromatic heterocycles. The van der Waals surface area contributed by atoms with Gasteiger partial charge >= 0.3 is 0 Å². The van der Waals surface area contributed by atoms with Crippen LogP contribution in [0.15, 0.2) is 30.3 Å². The molecule has 3 heteroatoms. The van der Waals surface area contributed by atoms with Crippen LogP contribution < -0.4 is 0 Å². The van der Waals surface area contributed by atoms with Crippen LogP contribution in [0.3, 0.4) is 0 Å². The number of unbranched alkanes of at least 4 members (excludes halogenated alkanes) is 4. The Morgan fingerprint density at radius 3 is 2.45 bits per heavy atom. The van der Waals surface area contributed by atoms with Gasteiger partial charge in [-0.2, -0.15) is 5.26 Å². The van der Waals surface area contributed by atoms with E-state index in [1.807, 2.05) is 6.07 Å². The minimum atomic E-state index is -0.789. The second kappa shape index (κ2) is 9.94. The van der Waals surface area contributed by atoms with Gasteiger partial charge in [-0.3, -0.25) is 0 Å². The van der Waals surface area contributed by atoms with E-state index in [1.165, 1.54) is 87.5 Å². The molecule has 31 heavy (non-hydrogen) atoms. The van der Waals surface area contributed by atoms with E-state index in [2.05, 4.69) is 19.1 Å². The Bertz CT molecular complexity index is 935. The molecule has 1 nitrogen and oxygen atoms in total. The summed E-state index contributed by atoms with van der Waals surface area (Å²) < 4.78 is 28.2. The molecule has 2 aliphatic carbocycles. The molecule has 0 bridgehead atoms. The maximum atomic E-state index is 14.1. The molecule has 164 valence electrons. The van der Waals surface area contributed by atoms with Crippen LogP contribution in [0, 0.1) is 34.8 Å². The van der Waals surface area contributed by atoms with Crippen molar-refractivity contribution in [2.45, 2.75) is 83.5 Å². The number of nitrogens with zero attached hydrogens (tertiary/aromatic N) is 1. The van der Waals surface area contributed by atoms with Crippen LogP contribution in [0.5, 0.6) is 0 Å². The van der Waals surface area contributed by atoms with Gasteiger partial charge in [0.15, 0.2) is 0 Å². The summed E-state index contributed by atoms with van der Waals surface area (Å²) in [5, 5.41) is 8.90. The number of halogens is 2. The third kappa shape index (κ3) is 4.84. The maximum Gasteiger partial charge on any atom is 0.144 e. The SMILES string of the molecule is CCCCCCC[C@@H]1CC[C@@H]2c3ccc(-c4cc(F)c(C#N)c(F)c4)cc3CC[C@H]2C1. The van der Waals surface area contributed by atoms with Crippen molar-refractivity contribution in [1.82, 2.24) is 0 Å². The second-order valence-electron chi connectivity index (χ2n) is 9.63. The Balaban J connectivity index is 1.44. The van der Waals surface area contributed by atoms with Crippen molar-refractivity contribution >= 4 is 0 Å². The van der Waals surface area contributed by atoms with Crippen LogP contribution in [-0.2, 0) is 6.42 Å². The lowest BCUT2D eigenvalue weighted by Gasteiger charge is -2.41. The summed E-state index contributed by atoms with van der Waals surface area (Å²) in [7, 11) is 0. The van der Waals surface area contributed by atoms with E-state index in [1.54, 1.807) is 6.07 Å². The molecule has 0 amide bonds. The predicted molar refractivity (Wildman–Crippen MR) is 122 cm³/mol. The zero-order chi connectivity index (χ0) is 21.8. The molecule has 0 N–H and O–H groups in total. The van der Waals surface area contributed by atoms with Crippen molar-refractivity contribution < 1.29 is 8.78 Å². The van der Waals surface area contributed by atoms with E-state index in [4.69, 9.17) is 5.26 Å². The van der Waals surface area contributed by atoms with Gasteiger partial charge in [-0.25, -0.2) is 8.78 Å². The zero-order valence-electron chi connectivity index (χ0n) is 18.6. The number of fused-ring (bicyclic) bond motifs is 3. The van der Waals surface area contributed by atoms with Gasteiger partial charge in [-0.15, -0.1) is 0 Å². The molecule has 0 radical (unpaired) electrons. The highest BCUT2D eigenvalue weighted by molar-refractivity contribution is 5.66. The Morgan fingerprint density at radius 1 is 0.935 bits per heavy atom. The zero-order valence-corrected chi connectivity index (χ0v) is 18.6. The fourth-order valence-corrected chi connectivity index (χ4v) is 5.94. The summed E-state index contributed by atoms with van der Waals surface area (Å²) in [5.74, 6) is 0.751. The number of benzene rings is 2. The van der Waals surface area contributed by atoms with Gasteiger partial charge in [0, 0.05) is 0 Å². The number of nitriles is 1. The number of rotatable bonds is 7. The van der Waals surface area contributed by atoms with Gasteiger partial charge in [-0.1, -0.05) is 63.6 Å². The minimum absolute atomic E-state index is 0.505. The highest BCUT2D eigenvalue weighted by Crippen LogP contribution is 2.48. The Morgan fingerprint density at radius 2 is 1.71 bits per heavy atom. The van der Waals surface area contributed by atoms with Crippen LogP contribution in [0.4, 0.5) is 8.78 Å². The molecule has 2 aliphatic rings. The fourth-order valence-electron chi connectivity index (χ4n) is 5.94. The normalized spacial score (nSPS) is 22.5. The predicted octanol–water partition coefficient (Wildman–Crippen LogP) is 8.31. The largest absolute Gasteiger partial charge is 0.205 e. The summed E-state index contributed by atoms with van der Waals surface area (Å²) in [6, 6.07) is 10.5. The van der Waals surface area contributed by atoms with Gasteiger partial charge < -0.3 is 0 Å². The molecule has 0 unspecified atom stereocenters. The molecular formula is C28H33F2N. The molecule has 0 aliphatic heterocycles. The summed E-state index contributed by atoms with van der Waals surface area (Å²) in [6.07, 6.45) is 14.5. The molecule has 0 spiro atoms. The van der Waals surface area contributed by atoms with E-state index < -0.39 is 17.2 Å². The summed E-state index contributed by atoms with van der Waals surface area (Å²) >= 11 is 0. The summed E-state index contributed by atoms with van der Waals surface area (Å²) in [5.41, 5.74) is 3.62. The molecule has 0 heterocycles. The Labute approximate surface area is 185 Å². The van der Waals surface area contributed by atoms with Crippen molar-refractivity contribution in [3.05, 3.63) is 58.7 Å². The molecule has 0 saturated heterocycles. The van der Waals surface area contributed by atoms with Crippen LogP contribution in [0.25, 0.3) is 11.1 Å². The lowest BCUT2D eigenvalue weighted by molar-refractivity contribution is 0.199. The molecule has 2 aromatic carbocycles. The third-order valence-electron chi connectivity index (χ3n) is 7.62. The first-order valence-electron chi connectivity index (χ1n) is 12.1. The summed E-state index contributed by atoms with van der Waals surface area (Å²) in [4.78, 5) is 0. The minimum Gasteiger partial charge on any atom is -0.205 e. The fraction of sp³-hybridized carbons (Fsp3) is 0.536. The highest BCUT2D eigenvalue weighted by atomic mass is 19.1. The lowest BCUT2D eigenvalue weighted by Crippen LogP contribution is -2.28. The number of hydrogen-bond donors (Lipinski definition) is 0. The molecular weight excluding hydrogens is 388 g/mol. The van der Waals surface area contributed by atoms with Gasteiger partial charge in [-0.05, 0) is 84.2 Å². The lowest BCUT2D eigenvalue weighted by atomic mass is 9.64. The van der Waals surface area contributed by atoms with Crippen LogP contribution in [0.2, 0.25) is 0 Å². The molecule has 1 fully saturated rings. The molecule has 2 aromatic rings. The van der Waals surface area contributed by atoms with E-state index in [-0.39, 0.29) is 0 Å². The van der Waals surface area contributed by atoms with E-state index in [0.717, 1.165) is 23.8 Å². The van der Waals surface area contributed by atoms with Gasteiger partial charge in [0.1, 0.15) is 23.3 Å². The maximum absolute atomic E-state index is 14.1. The van der Waals surface area contributed by atoms with Gasteiger partial charge in [0.25, 0.3) is 0 Å². The van der Waals surface area contributed by atoms with Crippen molar-refractivity contribution in [3.8, 4) is 17.2 Å². The van der Waals surface area contributed by atoms with Gasteiger partial charge in [0.2, 0.25) is 0 Å². The monoisotopic (exact) mass is 421 g/mol. The standard InChI is InChI=1S/C28H33F2N/c1-2-3-4-5-6-7-19-8-12-24-21(14-19)9-10-22-15-20(11-13-25(22)24)23-16-27(29)26(18-31)28(30)17-23/h11,13,15-17,19,21,24H,2-10,12,14H2,1H3/t19-,21+,24+/m1/s1. The van der Waals surface area contributed by atoms with E-state index >= 15 is 0 Å². The van der Waals surface area contributed by atoms with E-state index in [0.29, 0.717) is 11.5 Å². The first-order chi connectivity index (χ1) is 15.1. The first-order valence-corrected chi connectivity index (χ1v) is 12.1. The second-order valence-corrected chi connectivity index (χ2v) is 9.63. The highest BCUT2D eigenvalue weighted by Gasteiger charge is 2.35. The van der Waals surface area contributed by atoms with Crippen molar-refractivity contribution in [2.24, 2.45) is 11.8 Å². The molecule has 3 atom stereocenters. The van der Waals surface area contributed by atoms with Crippen molar-refractivity contribution in [2.75, 3.05) is 0 Å². The Hall–Kier alpha value is -2.21. The molecule has 4 rings (SSSR count). The topological polar surface area (TPSA) is 23.8 Å². The van der Waals surface area contributed by atoms with Crippen molar-refractivity contribution in [3.63, 3.8) is 0 Å².